The summed E-state index contributed by atoms with van der Waals surface area (Å²) in [7, 11) is 2.01. The summed E-state index contributed by atoms with van der Waals surface area (Å²) in [5.41, 5.74) is 1.45. The van der Waals surface area contributed by atoms with E-state index in [0.29, 0.717) is 27.4 Å². The van der Waals surface area contributed by atoms with Crippen LogP contribution in [0.3, 0.4) is 0 Å². The highest BCUT2D eigenvalue weighted by Gasteiger charge is 2.23. The molecule has 0 heterocycles. The van der Waals surface area contributed by atoms with Crippen LogP contribution in [-0.2, 0) is 6.42 Å². The Balaban J connectivity index is 2.75. The molecule has 0 amide bonds. The average Bonchev–Trinajstić information content (AvgIpc) is 2.32. The maximum Gasteiger partial charge on any atom is 0.0624 e. The monoisotopic (exact) mass is 301 g/mol. The van der Waals surface area contributed by atoms with Crippen molar-refractivity contribution in [1.29, 1.82) is 0 Å². The lowest BCUT2D eigenvalue weighted by Crippen LogP contribution is -2.33. The van der Waals surface area contributed by atoms with Crippen LogP contribution >= 0.6 is 23.2 Å². The van der Waals surface area contributed by atoms with Crippen LogP contribution < -0.4 is 5.32 Å². The van der Waals surface area contributed by atoms with Crippen LogP contribution in [0.2, 0.25) is 10.0 Å². The van der Waals surface area contributed by atoms with Gasteiger partial charge in [-0.25, -0.2) is 0 Å². The number of likely N-dealkylation sites (N-methyl/N-ethyl adjacent to an activating group) is 1. The van der Waals surface area contributed by atoms with Crippen LogP contribution in [0.4, 0.5) is 0 Å². The Bertz CT molecular complexity index is 410. The average molecular weight is 302 g/mol. The summed E-state index contributed by atoms with van der Waals surface area (Å²) < 4.78 is 0. The van der Waals surface area contributed by atoms with Gasteiger partial charge in [-0.3, -0.25) is 0 Å². The molecule has 0 saturated heterocycles. The van der Waals surface area contributed by atoms with E-state index in [4.69, 9.17) is 23.2 Å². The summed E-state index contributed by atoms with van der Waals surface area (Å²) in [4.78, 5) is 0. The van der Waals surface area contributed by atoms with E-state index in [1.54, 1.807) is 0 Å². The van der Waals surface area contributed by atoms with Gasteiger partial charge in [-0.2, -0.15) is 0 Å². The molecule has 0 aliphatic carbocycles. The van der Waals surface area contributed by atoms with E-state index < -0.39 is 0 Å². The number of rotatable bonds is 5. The first-order valence-electron chi connectivity index (χ1n) is 6.85. The predicted molar refractivity (Wildman–Crippen MR) is 86.2 cm³/mol. The van der Waals surface area contributed by atoms with Crippen molar-refractivity contribution in [3.05, 3.63) is 33.8 Å². The van der Waals surface area contributed by atoms with E-state index in [-0.39, 0.29) is 0 Å². The van der Waals surface area contributed by atoms with Crippen LogP contribution in [-0.4, -0.2) is 13.1 Å². The summed E-state index contributed by atoms with van der Waals surface area (Å²) >= 11 is 12.3. The molecule has 19 heavy (non-hydrogen) atoms. The number of hydrogen-bond donors (Lipinski definition) is 1. The van der Waals surface area contributed by atoms with E-state index in [2.05, 4.69) is 39.1 Å². The third kappa shape index (κ3) is 4.98. The quantitative estimate of drug-likeness (QED) is 0.788. The van der Waals surface area contributed by atoms with Gasteiger partial charge in [0.15, 0.2) is 0 Å². The second-order valence-corrected chi connectivity index (χ2v) is 7.19. The lowest BCUT2D eigenvalue weighted by atomic mass is 9.78. The summed E-state index contributed by atoms with van der Waals surface area (Å²) in [5, 5.41) is 4.72. The molecule has 0 aromatic heterocycles. The first-order valence-corrected chi connectivity index (χ1v) is 7.61. The second-order valence-electron chi connectivity index (χ2n) is 6.41. The molecular weight excluding hydrogens is 277 g/mol. The molecule has 1 rings (SSSR count). The zero-order chi connectivity index (χ0) is 14.6. The number of halogens is 2. The molecule has 1 aromatic carbocycles. The van der Waals surface area contributed by atoms with Gasteiger partial charge in [-0.1, -0.05) is 63.0 Å². The third-order valence-electron chi connectivity index (χ3n) is 4.02. The van der Waals surface area contributed by atoms with Crippen LogP contribution in [0.1, 0.15) is 39.7 Å². The first kappa shape index (κ1) is 16.8. The van der Waals surface area contributed by atoms with Gasteiger partial charge >= 0.3 is 0 Å². The van der Waals surface area contributed by atoms with Crippen molar-refractivity contribution in [2.24, 2.45) is 11.3 Å². The summed E-state index contributed by atoms with van der Waals surface area (Å²) in [5.74, 6) is 0.642. The molecule has 0 saturated carbocycles. The van der Waals surface area contributed by atoms with Gasteiger partial charge in [0, 0.05) is 6.04 Å². The highest BCUT2D eigenvalue weighted by atomic mass is 35.5. The first-order chi connectivity index (χ1) is 8.75. The highest BCUT2D eigenvalue weighted by molar-refractivity contribution is 6.42. The molecule has 0 fully saturated rings. The van der Waals surface area contributed by atoms with Crippen LogP contribution in [0.25, 0.3) is 0 Å². The molecular formula is C16H25Cl2N. The fourth-order valence-corrected chi connectivity index (χ4v) is 2.45. The SMILES string of the molecule is CNC(Cc1cccc(Cl)c1Cl)CC(C)C(C)(C)C. The van der Waals surface area contributed by atoms with E-state index in [0.717, 1.165) is 18.4 Å². The molecule has 1 N–H and O–H groups in total. The van der Waals surface area contributed by atoms with Gasteiger partial charge in [0.2, 0.25) is 0 Å². The number of nitrogens with one attached hydrogen (secondary N) is 1. The standard InChI is InChI=1S/C16H25Cl2N/c1-11(16(2,3)4)9-13(19-5)10-12-7-6-8-14(17)15(12)18/h6-8,11,13,19H,9-10H2,1-5H3. The van der Waals surface area contributed by atoms with Crippen LogP contribution in [0.15, 0.2) is 18.2 Å². The zero-order valence-corrected chi connectivity index (χ0v) is 14.1. The van der Waals surface area contributed by atoms with Gasteiger partial charge in [-0.05, 0) is 42.9 Å². The number of benzene rings is 1. The Morgan fingerprint density at radius 2 is 1.84 bits per heavy atom. The molecule has 108 valence electrons. The predicted octanol–water partition coefficient (Wildman–Crippen LogP) is 5.20. The molecule has 1 aromatic rings. The molecule has 2 unspecified atom stereocenters. The molecule has 1 nitrogen and oxygen atoms in total. The minimum Gasteiger partial charge on any atom is -0.317 e. The van der Waals surface area contributed by atoms with Crippen molar-refractivity contribution < 1.29 is 0 Å². The highest BCUT2D eigenvalue weighted by Crippen LogP contribution is 2.31. The minimum atomic E-state index is 0.327. The summed E-state index contributed by atoms with van der Waals surface area (Å²) in [6.07, 6.45) is 2.04. The van der Waals surface area contributed by atoms with Crippen molar-refractivity contribution in [3.8, 4) is 0 Å². The van der Waals surface area contributed by atoms with E-state index >= 15 is 0 Å². The summed E-state index contributed by atoms with van der Waals surface area (Å²) in [6, 6.07) is 6.27. The van der Waals surface area contributed by atoms with Crippen molar-refractivity contribution in [1.82, 2.24) is 5.32 Å². The molecule has 0 bridgehead atoms. The fraction of sp³-hybridized carbons (Fsp3) is 0.625. The molecule has 2 atom stereocenters. The fourth-order valence-electron chi connectivity index (χ4n) is 2.06. The van der Waals surface area contributed by atoms with Crippen molar-refractivity contribution in [2.75, 3.05) is 7.05 Å². The van der Waals surface area contributed by atoms with Crippen LogP contribution in [0.5, 0.6) is 0 Å². The maximum absolute atomic E-state index is 6.26. The van der Waals surface area contributed by atoms with Gasteiger partial charge in [-0.15, -0.1) is 0 Å². The van der Waals surface area contributed by atoms with E-state index in [9.17, 15) is 0 Å². The molecule has 3 heteroatoms. The van der Waals surface area contributed by atoms with Gasteiger partial charge in [0.25, 0.3) is 0 Å². The van der Waals surface area contributed by atoms with Crippen molar-refractivity contribution >= 4 is 23.2 Å². The van der Waals surface area contributed by atoms with E-state index in [1.165, 1.54) is 0 Å². The lowest BCUT2D eigenvalue weighted by molar-refractivity contribution is 0.225. The molecule has 0 aliphatic heterocycles. The Hall–Kier alpha value is -0.240. The smallest absolute Gasteiger partial charge is 0.0624 e. The largest absolute Gasteiger partial charge is 0.317 e. The van der Waals surface area contributed by atoms with Gasteiger partial charge < -0.3 is 5.32 Å². The molecule has 0 aliphatic rings. The Kier molecular flexibility index (Phi) is 6.16. The van der Waals surface area contributed by atoms with Gasteiger partial charge in [0.1, 0.15) is 0 Å². The van der Waals surface area contributed by atoms with Gasteiger partial charge in [0.05, 0.1) is 10.0 Å². The van der Waals surface area contributed by atoms with E-state index in [1.807, 2.05) is 19.2 Å². The minimum absolute atomic E-state index is 0.327. The Morgan fingerprint density at radius 1 is 1.21 bits per heavy atom. The third-order valence-corrected chi connectivity index (χ3v) is 4.88. The normalized spacial score (nSPS) is 15.3. The molecule has 0 radical (unpaired) electrons. The second kappa shape index (κ2) is 6.97. The van der Waals surface area contributed by atoms with Crippen LogP contribution in [0, 0.1) is 11.3 Å². The Morgan fingerprint density at radius 3 is 2.37 bits per heavy atom. The van der Waals surface area contributed by atoms with Crippen molar-refractivity contribution in [3.63, 3.8) is 0 Å². The van der Waals surface area contributed by atoms with Crippen molar-refractivity contribution in [2.45, 2.75) is 46.6 Å². The molecule has 0 spiro atoms. The summed E-state index contributed by atoms with van der Waals surface area (Å²) in [6.45, 7) is 9.17. The zero-order valence-electron chi connectivity index (χ0n) is 12.6. The maximum atomic E-state index is 6.26. The topological polar surface area (TPSA) is 12.0 Å². The lowest BCUT2D eigenvalue weighted by Gasteiger charge is -2.31. The Labute approximate surface area is 127 Å². The number of hydrogen-bond acceptors (Lipinski definition) is 1.